The van der Waals surface area contributed by atoms with Gasteiger partial charge >= 0.3 is 5.69 Å². The largest absolute Gasteiger partial charge is 0.396 e. The van der Waals surface area contributed by atoms with Crippen LogP contribution in [0.25, 0.3) is 0 Å². The lowest BCUT2D eigenvalue weighted by Crippen LogP contribution is -2.16. The van der Waals surface area contributed by atoms with Gasteiger partial charge in [-0.1, -0.05) is 6.92 Å². The number of nitrogens with zero attached hydrogens (tertiary/aromatic N) is 2. The first-order chi connectivity index (χ1) is 7.54. The maximum atomic E-state index is 10.7. The average Bonchev–Trinajstić information content (AvgIpc) is 2.25. The Morgan fingerprint density at radius 1 is 1.62 bits per heavy atom. The molecule has 1 aromatic heterocycles. The van der Waals surface area contributed by atoms with Crippen LogP contribution in [0.15, 0.2) is 12.1 Å². The molecule has 16 heavy (non-hydrogen) atoms. The molecule has 0 amide bonds. The number of anilines is 1. The third kappa shape index (κ3) is 3.16. The number of aromatic nitrogens is 1. The molecule has 6 heteroatoms. The molecule has 1 aromatic rings. The second-order valence-electron chi connectivity index (χ2n) is 3.75. The van der Waals surface area contributed by atoms with E-state index in [0.29, 0.717) is 12.2 Å². The highest BCUT2D eigenvalue weighted by Gasteiger charge is 2.15. The Morgan fingerprint density at radius 2 is 2.31 bits per heavy atom. The molecule has 1 heterocycles. The monoisotopic (exact) mass is 225 g/mol. The van der Waals surface area contributed by atoms with Crippen LogP contribution in [0.3, 0.4) is 0 Å². The minimum atomic E-state index is -0.474. The molecule has 0 aromatic carbocycles. The number of hydrogen-bond acceptors (Lipinski definition) is 5. The van der Waals surface area contributed by atoms with E-state index in [1.165, 1.54) is 6.07 Å². The highest BCUT2D eigenvalue weighted by molar-refractivity contribution is 5.56. The third-order valence-electron chi connectivity index (χ3n) is 2.14. The van der Waals surface area contributed by atoms with Gasteiger partial charge in [-0.3, -0.25) is 10.1 Å². The van der Waals surface area contributed by atoms with Crippen molar-refractivity contribution >= 4 is 11.5 Å². The molecule has 0 bridgehead atoms. The van der Waals surface area contributed by atoms with E-state index in [1.807, 2.05) is 6.92 Å². The zero-order chi connectivity index (χ0) is 12.1. The lowest BCUT2D eigenvalue weighted by molar-refractivity contribution is -0.384. The molecule has 0 fully saturated rings. The minimum Gasteiger partial charge on any atom is -0.396 e. The van der Waals surface area contributed by atoms with Gasteiger partial charge in [-0.2, -0.15) is 0 Å². The van der Waals surface area contributed by atoms with Crippen LogP contribution >= 0.6 is 0 Å². The third-order valence-corrected chi connectivity index (χ3v) is 2.14. The van der Waals surface area contributed by atoms with E-state index >= 15 is 0 Å². The number of rotatable bonds is 5. The van der Waals surface area contributed by atoms with E-state index in [0.717, 1.165) is 0 Å². The van der Waals surface area contributed by atoms with E-state index in [2.05, 4.69) is 10.3 Å². The van der Waals surface area contributed by atoms with Gasteiger partial charge in [0.2, 0.25) is 5.82 Å². The van der Waals surface area contributed by atoms with Crippen molar-refractivity contribution in [1.29, 1.82) is 0 Å². The van der Waals surface area contributed by atoms with Gasteiger partial charge in [-0.15, -0.1) is 0 Å². The normalized spacial score (nSPS) is 12.2. The van der Waals surface area contributed by atoms with Crippen LogP contribution in [-0.4, -0.2) is 28.2 Å². The van der Waals surface area contributed by atoms with E-state index in [4.69, 9.17) is 5.11 Å². The van der Waals surface area contributed by atoms with Crippen LogP contribution in [0.4, 0.5) is 11.5 Å². The molecule has 0 saturated carbocycles. The van der Waals surface area contributed by atoms with Crippen LogP contribution in [0.5, 0.6) is 0 Å². The SMILES string of the molecule is Cc1ccc([N+](=O)[O-])c(NCC(C)CO)n1. The summed E-state index contributed by atoms with van der Waals surface area (Å²) in [5.41, 5.74) is 0.667. The number of nitro groups is 1. The fraction of sp³-hybridized carbons (Fsp3) is 0.500. The Labute approximate surface area is 93.5 Å². The fourth-order valence-corrected chi connectivity index (χ4v) is 1.16. The van der Waals surface area contributed by atoms with Crippen molar-refractivity contribution in [3.8, 4) is 0 Å². The molecule has 1 unspecified atom stereocenters. The van der Waals surface area contributed by atoms with Gasteiger partial charge < -0.3 is 10.4 Å². The Bertz CT molecular complexity index is 382. The molecule has 88 valence electrons. The fourth-order valence-electron chi connectivity index (χ4n) is 1.16. The van der Waals surface area contributed by atoms with Crippen molar-refractivity contribution in [3.05, 3.63) is 27.9 Å². The second-order valence-corrected chi connectivity index (χ2v) is 3.75. The molecular weight excluding hydrogens is 210 g/mol. The maximum absolute atomic E-state index is 10.7. The van der Waals surface area contributed by atoms with Crippen molar-refractivity contribution in [2.45, 2.75) is 13.8 Å². The van der Waals surface area contributed by atoms with Crippen molar-refractivity contribution < 1.29 is 10.0 Å². The summed E-state index contributed by atoms with van der Waals surface area (Å²) in [6, 6.07) is 3.02. The van der Waals surface area contributed by atoms with Gasteiger partial charge in [-0.05, 0) is 18.9 Å². The van der Waals surface area contributed by atoms with Crippen LogP contribution in [-0.2, 0) is 0 Å². The van der Waals surface area contributed by atoms with Gasteiger partial charge in [0.15, 0.2) is 0 Å². The Balaban J connectivity index is 2.84. The van der Waals surface area contributed by atoms with Crippen LogP contribution in [0.1, 0.15) is 12.6 Å². The first-order valence-corrected chi connectivity index (χ1v) is 5.01. The van der Waals surface area contributed by atoms with Gasteiger partial charge in [0.05, 0.1) is 4.92 Å². The summed E-state index contributed by atoms with van der Waals surface area (Å²) < 4.78 is 0. The molecule has 1 rings (SSSR count). The molecular formula is C10H15N3O3. The van der Waals surface area contributed by atoms with Crippen molar-refractivity contribution in [3.63, 3.8) is 0 Å². The average molecular weight is 225 g/mol. The lowest BCUT2D eigenvalue weighted by Gasteiger charge is -2.10. The number of nitrogens with one attached hydrogen (secondary N) is 1. The van der Waals surface area contributed by atoms with E-state index in [9.17, 15) is 10.1 Å². The first-order valence-electron chi connectivity index (χ1n) is 5.01. The zero-order valence-electron chi connectivity index (χ0n) is 9.30. The van der Waals surface area contributed by atoms with E-state index < -0.39 is 4.92 Å². The molecule has 6 nitrogen and oxygen atoms in total. The highest BCUT2D eigenvalue weighted by Crippen LogP contribution is 2.21. The molecule has 2 N–H and O–H groups in total. The number of hydrogen-bond donors (Lipinski definition) is 2. The number of aliphatic hydroxyl groups excluding tert-OH is 1. The molecule has 0 aliphatic carbocycles. The summed E-state index contributed by atoms with van der Waals surface area (Å²) >= 11 is 0. The van der Waals surface area contributed by atoms with E-state index in [1.54, 1.807) is 13.0 Å². The lowest BCUT2D eigenvalue weighted by atomic mass is 10.2. The van der Waals surface area contributed by atoms with E-state index in [-0.39, 0.29) is 24.0 Å². The molecule has 0 saturated heterocycles. The quantitative estimate of drug-likeness (QED) is 0.583. The summed E-state index contributed by atoms with van der Waals surface area (Å²) in [6.07, 6.45) is 0. The molecule has 0 aliphatic rings. The summed E-state index contributed by atoms with van der Waals surface area (Å²) in [5.74, 6) is 0.284. The van der Waals surface area contributed by atoms with Gasteiger partial charge in [0, 0.05) is 24.9 Å². The van der Waals surface area contributed by atoms with Crippen LogP contribution in [0, 0.1) is 23.0 Å². The predicted molar refractivity (Wildman–Crippen MR) is 60.4 cm³/mol. The molecule has 0 aliphatic heterocycles. The first kappa shape index (κ1) is 12.4. The molecule has 1 atom stereocenters. The second kappa shape index (κ2) is 5.41. The predicted octanol–water partition coefficient (Wildman–Crippen LogP) is 1.34. The van der Waals surface area contributed by atoms with Crippen molar-refractivity contribution in [2.75, 3.05) is 18.5 Å². The highest BCUT2D eigenvalue weighted by atomic mass is 16.6. The summed E-state index contributed by atoms with van der Waals surface area (Å²) in [5, 5.41) is 22.4. The standard InChI is InChI=1S/C10H15N3O3/c1-7(6-14)5-11-10-9(13(15)16)4-3-8(2)12-10/h3-4,7,14H,5-6H2,1-2H3,(H,11,12). The smallest absolute Gasteiger partial charge is 0.311 e. The van der Waals surface area contributed by atoms with Crippen molar-refractivity contribution in [1.82, 2.24) is 4.98 Å². The van der Waals surface area contributed by atoms with Gasteiger partial charge in [0.1, 0.15) is 0 Å². The zero-order valence-corrected chi connectivity index (χ0v) is 9.30. The van der Waals surface area contributed by atoms with Gasteiger partial charge in [-0.25, -0.2) is 4.98 Å². The van der Waals surface area contributed by atoms with Crippen LogP contribution < -0.4 is 5.32 Å². The van der Waals surface area contributed by atoms with Gasteiger partial charge in [0.25, 0.3) is 0 Å². The van der Waals surface area contributed by atoms with Crippen LogP contribution in [0.2, 0.25) is 0 Å². The Morgan fingerprint density at radius 3 is 2.88 bits per heavy atom. The number of pyridine rings is 1. The topological polar surface area (TPSA) is 88.3 Å². The summed E-state index contributed by atoms with van der Waals surface area (Å²) in [4.78, 5) is 14.3. The minimum absolute atomic E-state index is 0.0296. The Hall–Kier alpha value is -1.69. The summed E-state index contributed by atoms with van der Waals surface area (Å²) in [7, 11) is 0. The van der Waals surface area contributed by atoms with Crippen molar-refractivity contribution in [2.24, 2.45) is 5.92 Å². The number of aryl methyl sites for hydroxylation is 1. The molecule has 0 radical (unpaired) electrons. The molecule has 0 spiro atoms. The Kier molecular flexibility index (Phi) is 4.19. The number of aliphatic hydroxyl groups is 1. The summed E-state index contributed by atoms with van der Waals surface area (Å²) in [6.45, 7) is 4.10. The maximum Gasteiger partial charge on any atom is 0.311 e.